The van der Waals surface area contributed by atoms with Gasteiger partial charge in [-0.05, 0) is 50.3 Å². The number of H-pyrrole nitrogens is 1. The molecule has 9 heteroatoms. The van der Waals surface area contributed by atoms with Gasteiger partial charge in [0.05, 0.1) is 11.3 Å². The largest absolute Gasteiger partial charge is 0.416 e. The van der Waals surface area contributed by atoms with Crippen molar-refractivity contribution >= 4 is 17.7 Å². The van der Waals surface area contributed by atoms with Gasteiger partial charge in [0.25, 0.3) is 11.5 Å². The van der Waals surface area contributed by atoms with E-state index in [0.29, 0.717) is 23.9 Å². The Bertz CT molecular complexity index is 912. The summed E-state index contributed by atoms with van der Waals surface area (Å²) in [5.41, 5.74) is 0.700. The van der Waals surface area contributed by atoms with Gasteiger partial charge in [0, 0.05) is 23.4 Å². The minimum absolute atomic E-state index is 0.0248. The summed E-state index contributed by atoms with van der Waals surface area (Å²) in [4.78, 5) is 31.4. The van der Waals surface area contributed by atoms with Crippen molar-refractivity contribution in [2.45, 2.75) is 43.4 Å². The van der Waals surface area contributed by atoms with Gasteiger partial charge in [-0.3, -0.25) is 9.59 Å². The second-order valence-electron chi connectivity index (χ2n) is 6.54. The average Bonchev–Trinajstić information content (AvgIpc) is 2.67. The van der Waals surface area contributed by atoms with Crippen LogP contribution in [0.3, 0.4) is 0 Å². The maximum Gasteiger partial charge on any atom is 0.416 e. The molecule has 0 radical (unpaired) electrons. The van der Waals surface area contributed by atoms with Gasteiger partial charge in [-0.2, -0.15) is 13.2 Å². The van der Waals surface area contributed by atoms with Crippen LogP contribution in [0.4, 0.5) is 13.2 Å². The average molecular weight is 411 g/mol. The van der Waals surface area contributed by atoms with E-state index in [2.05, 4.69) is 15.3 Å². The highest BCUT2D eigenvalue weighted by molar-refractivity contribution is 7.99. The normalized spacial score (nSPS) is 13.8. The standard InChI is InChI=1S/C19H20F3N3O2S/c20-19(21,22)13-6-3-5-12(11-13)16(26)23-9-4-10-28-18-24-15-8-2-1-7-14(15)17(27)25-18/h3,5-6,11H,1-2,4,7-10H2,(H,23,26)(H,24,25,27). The molecule has 0 spiro atoms. The van der Waals surface area contributed by atoms with Crippen molar-refractivity contribution in [2.75, 3.05) is 12.3 Å². The van der Waals surface area contributed by atoms with E-state index in [1.54, 1.807) is 0 Å². The van der Waals surface area contributed by atoms with Crippen molar-refractivity contribution in [1.82, 2.24) is 15.3 Å². The van der Waals surface area contributed by atoms with Crippen LogP contribution in [0.5, 0.6) is 0 Å². The molecule has 150 valence electrons. The zero-order valence-electron chi connectivity index (χ0n) is 15.1. The van der Waals surface area contributed by atoms with Crippen LogP contribution >= 0.6 is 11.8 Å². The Hall–Kier alpha value is -2.29. The molecular weight excluding hydrogens is 391 g/mol. The number of rotatable bonds is 6. The van der Waals surface area contributed by atoms with Gasteiger partial charge in [0.15, 0.2) is 5.16 Å². The number of aromatic amines is 1. The molecule has 2 N–H and O–H groups in total. The summed E-state index contributed by atoms with van der Waals surface area (Å²) in [5.74, 6) is 0.0707. The number of fused-ring (bicyclic) bond motifs is 1. The summed E-state index contributed by atoms with van der Waals surface area (Å²) in [6.45, 7) is 0.317. The lowest BCUT2D eigenvalue weighted by atomic mass is 9.97. The van der Waals surface area contributed by atoms with Crippen LogP contribution in [0.15, 0.2) is 34.2 Å². The van der Waals surface area contributed by atoms with E-state index in [0.717, 1.165) is 49.1 Å². The Morgan fingerprint density at radius 1 is 1.25 bits per heavy atom. The van der Waals surface area contributed by atoms with Crippen molar-refractivity contribution in [1.29, 1.82) is 0 Å². The smallest absolute Gasteiger partial charge is 0.352 e. The van der Waals surface area contributed by atoms with Gasteiger partial charge in [0.2, 0.25) is 0 Å². The van der Waals surface area contributed by atoms with E-state index in [1.165, 1.54) is 23.9 Å². The molecule has 1 aromatic heterocycles. The minimum Gasteiger partial charge on any atom is -0.352 e. The zero-order chi connectivity index (χ0) is 20.1. The molecule has 0 bridgehead atoms. The molecule has 3 rings (SSSR count). The monoisotopic (exact) mass is 411 g/mol. The number of nitrogens with zero attached hydrogens (tertiary/aromatic N) is 1. The summed E-state index contributed by atoms with van der Waals surface area (Å²) in [6.07, 6.45) is -0.253. The fraction of sp³-hybridized carbons (Fsp3) is 0.421. The molecule has 2 aromatic rings. The van der Waals surface area contributed by atoms with E-state index in [9.17, 15) is 22.8 Å². The Labute approximate surface area is 164 Å². The third-order valence-corrected chi connectivity index (χ3v) is 5.43. The Morgan fingerprint density at radius 3 is 2.82 bits per heavy atom. The molecule has 0 atom stereocenters. The molecule has 1 aromatic carbocycles. The number of halogens is 3. The lowest BCUT2D eigenvalue weighted by molar-refractivity contribution is -0.137. The van der Waals surface area contributed by atoms with Gasteiger partial charge >= 0.3 is 6.18 Å². The molecule has 0 aliphatic heterocycles. The maximum atomic E-state index is 12.7. The molecule has 0 saturated carbocycles. The van der Waals surface area contributed by atoms with Crippen molar-refractivity contribution < 1.29 is 18.0 Å². The topological polar surface area (TPSA) is 74.8 Å². The van der Waals surface area contributed by atoms with Gasteiger partial charge < -0.3 is 10.3 Å². The minimum atomic E-state index is -4.48. The fourth-order valence-electron chi connectivity index (χ4n) is 3.03. The molecule has 5 nitrogen and oxygen atoms in total. The SMILES string of the molecule is O=C(NCCCSc1nc2c(c(=O)[nH]1)CCCC2)c1cccc(C(F)(F)F)c1. The number of nitrogens with one attached hydrogen (secondary N) is 2. The van der Waals surface area contributed by atoms with Crippen LogP contribution < -0.4 is 10.9 Å². The van der Waals surface area contributed by atoms with Crippen molar-refractivity contribution in [2.24, 2.45) is 0 Å². The van der Waals surface area contributed by atoms with Crippen LogP contribution in [-0.2, 0) is 19.0 Å². The van der Waals surface area contributed by atoms with Crippen LogP contribution in [0.1, 0.15) is 46.4 Å². The van der Waals surface area contributed by atoms with Crippen molar-refractivity contribution in [3.8, 4) is 0 Å². The molecule has 0 saturated heterocycles. The van der Waals surface area contributed by atoms with Crippen LogP contribution in [-0.4, -0.2) is 28.2 Å². The number of thioether (sulfide) groups is 1. The first-order chi connectivity index (χ1) is 13.3. The maximum absolute atomic E-state index is 12.7. The van der Waals surface area contributed by atoms with Crippen molar-refractivity contribution in [3.63, 3.8) is 0 Å². The molecule has 1 heterocycles. The number of aryl methyl sites for hydroxylation is 1. The molecule has 1 aliphatic carbocycles. The number of benzene rings is 1. The van der Waals surface area contributed by atoms with E-state index in [4.69, 9.17) is 0 Å². The first-order valence-electron chi connectivity index (χ1n) is 9.05. The van der Waals surface area contributed by atoms with Crippen LogP contribution in [0.2, 0.25) is 0 Å². The number of amides is 1. The molecule has 0 fully saturated rings. The van der Waals surface area contributed by atoms with E-state index < -0.39 is 17.6 Å². The van der Waals surface area contributed by atoms with Gasteiger partial charge in [0.1, 0.15) is 0 Å². The first kappa shape index (κ1) is 20.4. The zero-order valence-corrected chi connectivity index (χ0v) is 15.9. The molecule has 1 amide bonds. The summed E-state index contributed by atoms with van der Waals surface area (Å²) >= 11 is 1.39. The molecular formula is C19H20F3N3O2S. The third-order valence-electron chi connectivity index (χ3n) is 4.47. The summed E-state index contributed by atoms with van der Waals surface area (Å²) in [7, 11) is 0. The molecule has 28 heavy (non-hydrogen) atoms. The van der Waals surface area contributed by atoms with Crippen LogP contribution in [0.25, 0.3) is 0 Å². The van der Waals surface area contributed by atoms with E-state index >= 15 is 0 Å². The summed E-state index contributed by atoms with van der Waals surface area (Å²) < 4.78 is 38.1. The van der Waals surface area contributed by atoms with E-state index in [-0.39, 0.29) is 11.1 Å². The molecule has 0 unspecified atom stereocenters. The lowest BCUT2D eigenvalue weighted by Crippen LogP contribution is -2.25. The molecule has 1 aliphatic rings. The Morgan fingerprint density at radius 2 is 2.04 bits per heavy atom. The Balaban J connectivity index is 1.47. The highest BCUT2D eigenvalue weighted by Crippen LogP contribution is 2.29. The van der Waals surface area contributed by atoms with Gasteiger partial charge in [-0.25, -0.2) is 4.98 Å². The number of aromatic nitrogens is 2. The quantitative estimate of drug-likeness (QED) is 0.433. The lowest BCUT2D eigenvalue weighted by Gasteiger charge is -2.14. The number of hydrogen-bond donors (Lipinski definition) is 2. The summed E-state index contributed by atoms with van der Waals surface area (Å²) in [5, 5.41) is 3.18. The van der Waals surface area contributed by atoms with Crippen molar-refractivity contribution in [3.05, 3.63) is 57.0 Å². The second kappa shape index (κ2) is 8.81. The van der Waals surface area contributed by atoms with Gasteiger partial charge in [-0.1, -0.05) is 17.8 Å². The third kappa shape index (κ3) is 5.15. The van der Waals surface area contributed by atoms with Gasteiger partial charge in [-0.15, -0.1) is 0 Å². The Kier molecular flexibility index (Phi) is 6.43. The fourth-order valence-corrected chi connectivity index (χ4v) is 3.85. The number of hydrogen-bond acceptors (Lipinski definition) is 4. The highest BCUT2D eigenvalue weighted by atomic mass is 32.2. The number of alkyl halides is 3. The predicted octanol–water partition coefficient (Wildman–Crippen LogP) is 3.58. The highest BCUT2D eigenvalue weighted by Gasteiger charge is 2.30. The predicted molar refractivity (Wildman–Crippen MR) is 101 cm³/mol. The first-order valence-corrected chi connectivity index (χ1v) is 10.0. The summed E-state index contributed by atoms with van der Waals surface area (Å²) in [6, 6.07) is 4.33. The van der Waals surface area contributed by atoms with E-state index in [1.807, 2.05) is 0 Å². The second-order valence-corrected chi connectivity index (χ2v) is 7.62. The van der Waals surface area contributed by atoms with Crippen LogP contribution in [0, 0.1) is 0 Å². The number of carbonyl (C=O) groups excluding carboxylic acids is 1. The number of carbonyl (C=O) groups is 1.